The number of hydrogen-bond acceptors (Lipinski definition) is 4. The monoisotopic (exact) mass is 258 g/mol. The van der Waals surface area contributed by atoms with Crippen molar-refractivity contribution in [1.29, 1.82) is 0 Å². The van der Waals surface area contributed by atoms with E-state index >= 15 is 0 Å². The standard InChI is InChI=1S/C12H11BN2O4/c16-12(17)10-8(9-4-6-14-15-9)2-1-7-3-5-13(18)19-11(7)10/h1-2,4,6,18H,3,5H2,(H,14,15)(H,16,17). The Morgan fingerprint density at radius 3 is 2.95 bits per heavy atom. The van der Waals surface area contributed by atoms with E-state index in [0.29, 0.717) is 24.0 Å². The van der Waals surface area contributed by atoms with Crippen molar-refractivity contribution in [2.24, 2.45) is 0 Å². The minimum Gasteiger partial charge on any atom is -0.535 e. The molecule has 3 N–H and O–H groups in total. The molecule has 0 unspecified atom stereocenters. The minimum absolute atomic E-state index is 0.0560. The molecule has 0 aliphatic carbocycles. The van der Waals surface area contributed by atoms with Crippen LogP contribution in [0.5, 0.6) is 5.75 Å². The lowest BCUT2D eigenvalue weighted by Crippen LogP contribution is -2.28. The van der Waals surface area contributed by atoms with Crippen molar-refractivity contribution >= 4 is 13.1 Å². The number of benzene rings is 1. The molecule has 6 nitrogen and oxygen atoms in total. The topological polar surface area (TPSA) is 95.4 Å². The Bertz CT molecular complexity index is 627. The Hall–Kier alpha value is -2.28. The largest absolute Gasteiger partial charge is 0.535 e. The van der Waals surface area contributed by atoms with Crippen molar-refractivity contribution in [1.82, 2.24) is 10.2 Å². The number of aromatic carboxylic acids is 1. The zero-order chi connectivity index (χ0) is 13.4. The summed E-state index contributed by atoms with van der Waals surface area (Å²) in [6.07, 6.45) is 2.62. The quantitative estimate of drug-likeness (QED) is 0.703. The van der Waals surface area contributed by atoms with E-state index in [2.05, 4.69) is 10.2 Å². The van der Waals surface area contributed by atoms with Crippen molar-refractivity contribution in [2.45, 2.75) is 12.7 Å². The van der Waals surface area contributed by atoms with Gasteiger partial charge in [-0.05, 0) is 24.4 Å². The summed E-state index contributed by atoms with van der Waals surface area (Å²) < 4.78 is 5.30. The highest BCUT2D eigenvalue weighted by atomic mass is 16.5. The highest BCUT2D eigenvalue weighted by Crippen LogP contribution is 2.36. The molecule has 0 fully saturated rings. The summed E-state index contributed by atoms with van der Waals surface area (Å²) in [5.74, 6) is -0.839. The second-order valence-electron chi connectivity index (χ2n) is 4.36. The van der Waals surface area contributed by atoms with Gasteiger partial charge in [-0.1, -0.05) is 12.1 Å². The van der Waals surface area contributed by atoms with Gasteiger partial charge in [-0.15, -0.1) is 0 Å². The van der Waals surface area contributed by atoms with Crippen LogP contribution >= 0.6 is 0 Å². The first kappa shape index (κ1) is 11.8. The van der Waals surface area contributed by atoms with Gasteiger partial charge >= 0.3 is 13.1 Å². The average molecular weight is 258 g/mol. The van der Waals surface area contributed by atoms with Crippen LogP contribution in [0, 0.1) is 0 Å². The van der Waals surface area contributed by atoms with Crippen molar-refractivity contribution in [3.05, 3.63) is 35.5 Å². The van der Waals surface area contributed by atoms with Gasteiger partial charge in [-0.3, -0.25) is 5.10 Å². The van der Waals surface area contributed by atoms with Crippen molar-refractivity contribution in [2.75, 3.05) is 0 Å². The second kappa shape index (κ2) is 4.44. The molecular formula is C12H11BN2O4. The molecule has 0 spiro atoms. The van der Waals surface area contributed by atoms with Crippen LogP contribution in [0.25, 0.3) is 11.3 Å². The summed E-state index contributed by atoms with van der Waals surface area (Å²) in [7, 11) is -0.956. The third-order valence-electron chi connectivity index (χ3n) is 3.16. The number of carbonyl (C=O) groups is 1. The summed E-state index contributed by atoms with van der Waals surface area (Å²) in [5, 5.41) is 25.5. The van der Waals surface area contributed by atoms with Crippen LogP contribution in [0.15, 0.2) is 24.4 Å². The molecule has 1 aromatic heterocycles. The number of aryl methyl sites for hydroxylation is 1. The van der Waals surface area contributed by atoms with E-state index in [0.717, 1.165) is 5.56 Å². The predicted molar refractivity (Wildman–Crippen MR) is 68.1 cm³/mol. The first-order valence-corrected chi connectivity index (χ1v) is 5.90. The van der Waals surface area contributed by atoms with Crippen LogP contribution in [0.2, 0.25) is 6.32 Å². The maximum Gasteiger partial charge on any atom is 0.522 e. The Balaban J connectivity index is 2.22. The van der Waals surface area contributed by atoms with Crippen LogP contribution in [0.3, 0.4) is 0 Å². The molecule has 0 bridgehead atoms. The summed E-state index contributed by atoms with van der Waals surface area (Å²) in [6.45, 7) is 0. The van der Waals surface area contributed by atoms with Gasteiger partial charge in [-0.25, -0.2) is 4.79 Å². The van der Waals surface area contributed by atoms with Gasteiger partial charge in [0.15, 0.2) is 0 Å². The third-order valence-corrected chi connectivity index (χ3v) is 3.16. The third kappa shape index (κ3) is 1.98. The zero-order valence-corrected chi connectivity index (χ0v) is 9.96. The molecule has 96 valence electrons. The van der Waals surface area contributed by atoms with E-state index in [4.69, 9.17) is 4.65 Å². The molecule has 0 atom stereocenters. The molecule has 0 saturated carbocycles. The maximum absolute atomic E-state index is 11.5. The van der Waals surface area contributed by atoms with Crippen LogP contribution < -0.4 is 4.65 Å². The number of hydrogen-bond donors (Lipinski definition) is 3. The van der Waals surface area contributed by atoms with Gasteiger partial charge in [0, 0.05) is 11.8 Å². The summed E-state index contributed by atoms with van der Waals surface area (Å²) in [6, 6.07) is 5.24. The molecule has 1 aliphatic heterocycles. The molecule has 7 heteroatoms. The molecule has 0 radical (unpaired) electrons. The Morgan fingerprint density at radius 2 is 2.26 bits per heavy atom. The first-order chi connectivity index (χ1) is 9.16. The number of fused-ring (bicyclic) bond motifs is 1. The second-order valence-corrected chi connectivity index (χ2v) is 4.36. The molecule has 2 heterocycles. The molecule has 2 aromatic rings. The molecule has 1 aromatic carbocycles. The Kier molecular flexibility index (Phi) is 2.75. The molecular weight excluding hydrogens is 247 g/mol. The normalized spacial score (nSPS) is 13.8. The molecule has 19 heavy (non-hydrogen) atoms. The fourth-order valence-electron chi connectivity index (χ4n) is 2.27. The predicted octanol–water partition coefficient (Wildman–Crippen LogP) is 1.19. The van der Waals surface area contributed by atoms with E-state index in [1.54, 1.807) is 18.3 Å². The average Bonchev–Trinajstić information content (AvgIpc) is 2.90. The van der Waals surface area contributed by atoms with E-state index in [9.17, 15) is 14.9 Å². The van der Waals surface area contributed by atoms with E-state index in [1.165, 1.54) is 0 Å². The maximum atomic E-state index is 11.5. The SMILES string of the molecule is O=C(O)c1c(-c2ccn[nH]2)ccc2c1OB(O)CC2. The van der Waals surface area contributed by atoms with Crippen molar-refractivity contribution in [3.8, 4) is 17.0 Å². The summed E-state index contributed by atoms with van der Waals surface area (Å²) in [5.41, 5.74) is 1.95. The van der Waals surface area contributed by atoms with Gasteiger partial charge in [-0.2, -0.15) is 5.10 Å². The number of carboxylic acid groups (broad SMARTS) is 1. The summed E-state index contributed by atoms with van der Waals surface area (Å²) in [4.78, 5) is 11.5. The minimum atomic E-state index is -1.09. The highest BCUT2D eigenvalue weighted by Gasteiger charge is 2.29. The fourth-order valence-corrected chi connectivity index (χ4v) is 2.27. The number of carboxylic acids is 1. The molecule has 0 amide bonds. The Labute approximate surface area is 109 Å². The lowest BCUT2D eigenvalue weighted by Gasteiger charge is -2.22. The van der Waals surface area contributed by atoms with Gasteiger partial charge < -0.3 is 14.8 Å². The van der Waals surface area contributed by atoms with E-state index in [-0.39, 0.29) is 11.3 Å². The smallest absolute Gasteiger partial charge is 0.522 e. The van der Waals surface area contributed by atoms with E-state index in [1.807, 2.05) is 6.07 Å². The van der Waals surface area contributed by atoms with E-state index < -0.39 is 13.1 Å². The van der Waals surface area contributed by atoms with Crippen LogP contribution in [0.1, 0.15) is 15.9 Å². The van der Waals surface area contributed by atoms with Crippen LogP contribution in [0.4, 0.5) is 0 Å². The van der Waals surface area contributed by atoms with Crippen LogP contribution in [-0.2, 0) is 6.42 Å². The van der Waals surface area contributed by atoms with Crippen molar-refractivity contribution < 1.29 is 19.6 Å². The fraction of sp³-hybridized carbons (Fsp3) is 0.167. The summed E-state index contributed by atoms with van der Waals surface area (Å²) >= 11 is 0. The number of nitrogens with one attached hydrogen (secondary N) is 1. The lowest BCUT2D eigenvalue weighted by atomic mass is 9.78. The molecule has 1 aliphatic rings. The Morgan fingerprint density at radius 1 is 1.42 bits per heavy atom. The molecule has 3 rings (SSSR count). The number of rotatable bonds is 2. The first-order valence-electron chi connectivity index (χ1n) is 5.90. The number of aromatic nitrogens is 2. The van der Waals surface area contributed by atoms with Crippen LogP contribution in [-0.4, -0.2) is 33.4 Å². The number of H-pyrrole nitrogens is 1. The number of aromatic amines is 1. The van der Waals surface area contributed by atoms with Gasteiger partial charge in [0.1, 0.15) is 11.3 Å². The zero-order valence-electron chi connectivity index (χ0n) is 9.96. The lowest BCUT2D eigenvalue weighted by molar-refractivity contribution is 0.0695. The molecule has 0 saturated heterocycles. The van der Waals surface area contributed by atoms with Gasteiger partial charge in [0.25, 0.3) is 0 Å². The number of nitrogens with zero attached hydrogens (tertiary/aromatic N) is 1. The highest BCUT2D eigenvalue weighted by molar-refractivity contribution is 6.44. The van der Waals surface area contributed by atoms with Gasteiger partial charge in [0.2, 0.25) is 0 Å². The van der Waals surface area contributed by atoms with Crippen molar-refractivity contribution in [3.63, 3.8) is 0 Å². The van der Waals surface area contributed by atoms with Gasteiger partial charge in [0.05, 0.1) is 5.69 Å².